The molecule has 0 saturated heterocycles. The van der Waals surface area contributed by atoms with E-state index < -0.39 is 5.82 Å². The number of methoxy groups -OCH3 is 1. The molecule has 0 fully saturated rings. The minimum atomic E-state index is -0.454. The molecule has 1 aromatic carbocycles. The third-order valence-electron chi connectivity index (χ3n) is 3.17. The maximum Gasteiger partial charge on any atom is 0.186 e. The molecule has 0 saturated carbocycles. The fourth-order valence-electron chi connectivity index (χ4n) is 2.04. The van der Waals surface area contributed by atoms with Crippen LogP contribution in [0.2, 0.25) is 0 Å². The van der Waals surface area contributed by atoms with Crippen LogP contribution in [0.15, 0.2) is 29.5 Å². The second kappa shape index (κ2) is 8.47. The van der Waals surface area contributed by atoms with Crippen LogP contribution in [0, 0.1) is 17.1 Å². The van der Waals surface area contributed by atoms with Crippen molar-refractivity contribution in [2.45, 2.75) is 11.8 Å². The Kier molecular flexibility index (Phi) is 6.35. The van der Waals surface area contributed by atoms with Crippen molar-refractivity contribution in [3.8, 4) is 11.8 Å². The van der Waals surface area contributed by atoms with Crippen LogP contribution in [0.3, 0.4) is 0 Å². The number of benzene rings is 1. The molecule has 2 rings (SSSR count). The zero-order valence-corrected chi connectivity index (χ0v) is 14.4. The Morgan fingerprint density at radius 2 is 2.38 bits per heavy atom. The van der Waals surface area contributed by atoms with Gasteiger partial charge in [-0.25, -0.2) is 4.39 Å². The van der Waals surface area contributed by atoms with E-state index in [1.165, 1.54) is 24.4 Å². The van der Waals surface area contributed by atoms with E-state index in [1.807, 2.05) is 6.07 Å². The number of allylic oxidation sites excluding steroid dienone is 1. The number of nitrogens with one attached hydrogen (secondary N) is 2. The number of nitriles is 1. The van der Waals surface area contributed by atoms with Crippen molar-refractivity contribution in [2.24, 2.45) is 5.10 Å². The van der Waals surface area contributed by atoms with Crippen LogP contribution in [0.5, 0.6) is 5.75 Å². The number of hydrazone groups is 1. The molecular formula is C15H15ClFN5OS. The Bertz CT molecular complexity index is 705. The van der Waals surface area contributed by atoms with Crippen LogP contribution >= 0.6 is 23.8 Å². The van der Waals surface area contributed by atoms with Gasteiger partial charge in [0.05, 0.1) is 12.5 Å². The maximum absolute atomic E-state index is 14.0. The molecule has 0 bridgehead atoms. The summed E-state index contributed by atoms with van der Waals surface area (Å²) in [7, 11) is 1.44. The number of thiocarbonyl (C=S) groups is 1. The van der Waals surface area contributed by atoms with Gasteiger partial charge < -0.3 is 10.1 Å². The van der Waals surface area contributed by atoms with Crippen LogP contribution in [0.4, 0.5) is 4.39 Å². The summed E-state index contributed by atoms with van der Waals surface area (Å²) in [5, 5.41) is 17.6. The van der Waals surface area contributed by atoms with Gasteiger partial charge in [-0.15, -0.1) is 11.6 Å². The highest BCUT2D eigenvalue weighted by atomic mass is 35.5. The van der Waals surface area contributed by atoms with Crippen molar-refractivity contribution >= 4 is 35.1 Å². The third-order valence-corrected chi connectivity index (χ3v) is 3.66. The minimum absolute atomic E-state index is 0.190. The molecule has 0 spiro atoms. The van der Waals surface area contributed by atoms with Crippen LogP contribution in [0.1, 0.15) is 11.1 Å². The second-order valence-electron chi connectivity index (χ2n) is 4.73. The van der Waals surface area contributed by atoms with Crippen LogP contribution in [-0.2, 0) is 6.42 Å². The van der Waals surface area contributed by atoms with E-state index in [2.05, 4.69) is 15.8 Å². The Hall–Kier alpha value is -2.37. The molecule has 1 aliphatic heterocycles. The highest BCUT2D eigenvalue weighted by molar-refractivity contribution is 7.80. The number of halogens is 2. The average molecular weight is 368 g/mol. The Balaban J connectivity index is 1.90. The van der Waals surface area contributed by atoms with Gasteiger partial charge in [0.15, 0.2) is 5.11 Å². The fourth-order valence-corrected chi connectivity index (χ4v) is 2.35. The zero-order chi connectivity index (χ0) is 17.5. The monoisotopic (exact) mass is 367 g/mol. The summed E-state index contributed by atoms with van der Waals surface area (Å²) in [5.41, 5.74) is 3.29. The fraction of sp³-hybridized carbons (Fsp3) is 0.267. The molecule has 0 aromatic heterocycles. The average Bonchev–Trinajstić information content (AvgIpc) is 2.58. The highest BCUT2D eigenvalue weighted by Gasteiger charge is 2.14. The standard InChI is InChI=1S/C15H15ClFN5OS/c1-23-14-3-2-13(17)11(12(14)8-18)4-6-19-15(24)21-22-7-5-10(16)9-20-22/h2-3,5,7,9-10H,4,6H2,1H3,(H2,19,21,24). The van der Waals surface area contributed by atoms with Gasteiger partial charge in [0.2, 0.25) is 0 Å². The maximum atomic E-state index is 14.0. The number of nitrogens with zero attached hydrogens (tertiary/aromatic N) is 3. The lowest BCUT2D eigenvalue weighted by Crippen LogP contribution is -2.43. The predicted octanol–water partition coefficient (Wildman–Crippen LogP) is 2.05. The van der Waals surface area contributed by atoms with Crippen molar-refractivity contribution in [1.82, 2.24) is 15.9 Å². The van der Waals surface area contributed by atoms with Crippen LogP contribution in [0.25, 0.3) is 0 Å². The lowest BCUT2D eigenvalue weighted by atomic mass is 10.0. The van der Waals surface area contributed by atoms with Crippen molar-refractivity contribution in [3.05, 3.63) is 41.4 Å². The molecule has 6 nitrogen and oxygen atoms in total. The molecule has 1 atom stereocenters. The smallest absolute Gasteiger partial charge is 0.186 e. The lowest BCUT2D eigenvalue weighted by Gasteiger charge is -2.20. The quantitative estimate of drug-likeness (QED) is 0.613. The number of hydrogen-bond acceptors (Lipinski definition) is 5. The highest BCUT2D eigenvalue weighted by Crippen LogP contribution is 2.24. The van der Waals surface area contributed by atoms with Gasteiger partial charge in [0.25, 0.3) is 0 Å². The molecular weight excluding hydrogens is 353 g/mol. The molecule has 24 heavy (non-hydrogen) atoms. The van der Waals surface area contributed by atoms with Crippen LogP contribution < -0.4 is 15.5 Å². The van der Waals surface area contributed by atoms with E-state index in [-0.39, 0.29) is 22.9 Å². The van der Waals surface area contributed by atoms with Crippen molar-refractivity contribution < 1.29 is 9.13 Å². The van der Waals surface area contributed by atoms with Crippen molar-refractivity contribution in [3.63, 3.8) is 0 Å². The summed E-state index contributed by atoms with van der Waals surface area (Å²) in [4.78, 5) is 0. The molecule has 0 amide bonds. The first-order valence-electron chi connectivity index (χ1n) is 7.01. The van der Waals surface area contributed by atoms with E-state index in [1.54, 1.807) is 18.5 Å². The Morgan fingerprint density at radius 3 is 3.00 bits per heavy atom. The predicted molar refractivity (Wildman–Crippen MR) is 94.2 cm³/mol. The largest absolute Gasteiger partial charge is 0.495 e. The summed E-state index contributed by atoms with van der Waals surface area (Å²) >= 11 is 11.0. The normalized spacial score (nSPS) is 15.8. The van der Waals surface area contributed by atoms with E-state index in [0.29, 0.717) is 17.4 Å². The molecule has 1 heterocycles. The summed E-state index contributed by atoms with van der Waals surface area (Å²) in [5.74, 6) is -0.109. The third kappa shape index (κ3) is 4.57. The summed E-state index contributed by atoms with van der Waals surface area (Å²) in [6.07, 6.45) is 5.19. The summed E-state index contributed by atoms with van der Waals surface area (Å²) < 4.78 is 19.0. The van der Waals surface area contributed by atoms with Gasteiger partial charge in [0.1, 0.15) is 23.2 Å². The Morgan fingerprint density at radius 1 is 1.58 bits per heavy atom. The molecule has 1 aromatic rings. The minimum Gasteiger partial charge on any atom is -0.495 e. The lowest BCUT2D eigenvalue weighted by molar-refractivity contribution is 0.348. The molecule has 2 N–H and O–H groups in total. The number of ether oxygens (including phenoxy) is 1. The van der Waals surface area contributed by atoms with Crippen molar-refractivity contribution in [1.29, 1.82) is 5.26 Å². The molecule has 1 aliphatic rings. The molecule has 0 radical (unpaired) electrons. The number of rotatable bonds is 5. The van der Waals surface area contributed by atoms with E-state index in [9.17, 15) is 9.65 Å². The van der Waals surface area contributed by atoms with E-state index in [0.717, 1.165) is 0 Å². The number of hydrogen-bond donors (Lipinski definition) is 2. The van der Waals surface area contributed by atoms with Gasteiger partial charge in [-0.05, 0) is 36.8 Å². The summed E-state index contributed by atoms with van der Waals surface area (Å²) in [6, 6.07) is 4.69. The van der Waals surface area contributed by atoms with Gasteiger partial charge in [-0.1, -0.05) is 0 Å². The van der Waals surface area contributed by atoms with Gasteiger partial charge in [-0.3, -0.25) is 5.43 Å². The first-order chi connectivity index (χ1) is 11.5. The first kappa shape index (κ1) is 18.0. The number of alkyl halides is 1. The van der Waals surface area contributed by atoms with Gasteiger partial charge in [0, 0.05) is 24.5 Å². The summed E-state index contributed by atoms with van der Waals surface area (Å²) in [6.45, 7) is 0.337. The zero-order valence-electron chi connectivity index (χ0n) is 12.8. The van der Waals surface area contributed by atoms with E-state index in [4.69, 9.17) is 28.6 Å². The molecule has 0 aliphatic carbocycles. The topological polar surface area (TPSA) is 72.7 Å². The molecule has 126 valence electrons. The number of hydrazine groups is 1. The second-order valence-corrected chi connectivity index (χ2v) is 5.64. The van der Waals surface area contributed by atoms with Crippen LogP contribution in [-0.4, -0.2) is 35.5 Å². The van der Waals surface area contributed by atoms with E-state index >= 15 is 0 Å². The van der Waals surface area contributed by atoms with Gasteiger partial charge >= 0.3 is 0 Å². The SMILES string of the molecule is COc1ccc(F)c(CCNC(=S)NN2C=CC(Cl)C=N2)c1C#N. The first-order valence-corrected chi connectivity index (χ1v) is 7.85. The van der Waals surface area contributed by atoms with Crippen molar-refractivity contribution in [2.75, 3.05) is 13.7 Å². The molecule has 1 unspecified atom stereocenters. The molecule has 9 heteroatoms. The Labute approximate surface area is 149 Å². The van der Waals surface area contributed by atoms with Gasteiger partial charge in [-0.2, -0.15) is 15.5 Å².